The van der Waals surface area contributed by atoms with E-state index in [0.717, 1.165) is 12.8 Å². The lowest BCUT2D eigenvalue weighted by Crippen LogP contribution is -2.49. The molecule has 1 amide bonds. The van der Waals surface area contributed by atoms with Gasteiger partial charge in [-0.3, -0.25) is 4.79 Å². The van der Waals surface area contributed by atoms with Crippen LogP contribution in [0.5, 0.6) is 0 Å². The summed E-state index contributed by atoms with van der Waals surface area (Å²) in [4.78, 5) is 11.4. The van der Waals surface area contributed by atoms with Crippen LogP contribution in [0.2, 0.25) is 0 Å². The number of hydrogen-bond acceptors (Lipinski definition) is 3. The molecule has 1 unspecified atom stereocenters. The number of carbonyl (C=O) groups excluding carboxylic acids is 1. The third-order valence-electron chi connectivity index (χ3n) is 2.56. The maximum atomic E-state index is 11.9. The molecule has 1 aliphatic heterocycles. The molecule has 1 aliphatic rings. The van der Waals surface area contributed by atoms with Crippen molar-refractivity contribution in [3.63, 3.8) is 0 Å². The van der Waals surface area contributed by atoms with E-state index >= 15 is 0 Å². The molecule has 4 nitrogen and oxygen atoms in total. The predicted octanol–water partition coefficient (Wildman–Crippen LogP) is 0.822. The maximum absolute atomic E-state index is 11.9. The van der Waals surface area contributed by atoms with Crippen molar-refractivity contribution in [2.45, 2.75) is 38.0 Å². The summed E-state index contributed by atoms with van der Waals surface area (Å²) in [5.74, 6) is -0.631. The lowest BCUT2D eigenvalue weighted by molar-refractivity contribution is -0.139. The monoisotopic (exact) mass is 254 g/mol. The van der Waals surface area contributed by atoms with E-state index in [9.17, 15) is 18.0 Å². The zero-order chi connectivity index (χ0) is 12.9. The van der Waals surface area contributed by atoms with Crippen LogP contribution < -0.4 is 10.6 Å². The molecule has 0 radical (unpaired) electrons. The standard InChI is InChI=1S/C10H17F3N2O2/c1-7(9(16)14-6-10(11,12)13)15-8-2-4-17-5-3-8/h7-8,15H,2-6H2,1H3,(H,14,16). The Bertz CT molecular complexity index is 252. The van der Waals surface area contributed by atoms with E-state index in [-0.39, 0.29) is 6.04 Å². The first-order valence-electron chi connectivity index (χ1n) is 5.57. The summed E-state index contributed by atoms with van der Waals surface area (Å²) in [5, 5.41) is 4.85. The van der Waals surface area contributed by atoms with Gasteiger partial charge in [0.25, 0.3) is 0 Å². The van der Waals surface area contributed by atoms with Crippen molar-refractivity contribution in [3.05, 3.63) is 0 Å². The van der Waals surface area contributed by atoms with E-state index in [2.05, 4.69) is 5.32 Å². The summed E-state index contributed by atoms with van der Waals surface area (Å²) in [6, 6.07) is -0.490. The first-order valence-corrected chi connectivity index (χ1v) is 5.57. The van der Waals surface area contributed by atoms with Gasteiger partial charge >= 0.3 is 6.18 Å². The Labute approximate surface area is 97.9 Å². The molecule has 0 aromatic rings. The van der Waals surface area contributed by atoms with Crippen molar-refractivity contribution < 1.29 is 22.7 Å². The number of nitrogens with one attached hydrogen (secondary N) is 2. The fourth-order valence-corrected chi connectivity index (χ4v) is 1.63. The summed E-state index contributed by atoms with van der Waals surface area (Å²) in [5.41, 5.74) is 0. The molecule has 1 rings (SSSR count). The van der Waals surface area contributed by atoms with Crippen LogP contribution in [0.25, 0.3) is 0 Å². The molecule has 7 heteroatoms. The molecule has 0 saturated carbocycles. The Hall–Kier alpha value is -0.820. The van der Waals surface area contributed by atoms with Crippen molar-refractivity contribution in [1.82, 2.24) is 10.6 Å². The van der Waals surface area contributed by atoms with Gasteiger partial charge in [-0.25, -0.2) is 0 Å². The second kappa shape index (κ2) is 6.20. The van der Waals surface area contributed by atoms with Crippen LogP contribution >= 0.6 is 0 Å². The van der Waals surface area contributed by atoms with Gasteiger partial charge in [-0.2, -0.15) is 13.2 Å². The maximum Gasteiger partial charge on any atom is 0.405 e. The quantitative estimate of drug-likeness (QED) is 0.781. The minimum Gasteiger partial charge on any atom is -0.381 e. The second-order valence-electron chi connectivity index (χ2n) is 4.11. The largest absolute Gasteiger partial charge is 0.405 e. The van der Waals surface area contributed by atoms with Crippen LogP contribution in [0.4, 0.5) is 13.2 Å². The zero-order valence-electron chi connectivity index (χ0n) is 9.64. The normalized spacial score (nSPS) is 20.0. The zero-order valence-corrected chi connectivity index (χ0v) is 9.64. The molecule has 1 saturated heterocycles. The van der Waals surface area contributed by atoms with Crippen molar-refractivity contribution in [3.8, 4) is 0 Å². The Kier molecular flexibility index (Phi) is 5.20. The minimum absolute atomic E-state index is 0.135. The Morgan fingerprint density at radius 2 is 2.00 bits per heavy atom. The Morgan fingerprint density at radius 1 is 1.41 bits per heavy atom. The summed E-state index contributed by atoms with van der Waals surface area (Å²) in [6.45, 7) is 1.51. The van der Waals surface area contributed by atoms with Gasteiger partial charge in [0.2, 0.25) is 5.91 Å². The summed E-state index contributed by atoms with van der Waals surface area (Å²) in [6.07, 6.45) is -2.82. The number of alkyl halides is 3. The van der Waals surface area contributed by atoms with Crippen LogP contribution in [0.15, 0.2) is 0 Å². The lowest BCUT2D eigenvalue weighted by Gasteiger charge is -2.26. The van der Waals surface area contributed by atoms with Gasteiger partial charge in [-0.15, -0.1) is 0 Å². The smallest absolute Gasteiger partial charge is 0.381 e. The van der Waals surface area contributed by atoms with Crippen molar-refractivity contribution >= 4 is 5.91 Å². The van der Waals surface area contributed by atoms with Crippen molar-refractivity contribution in [2.24, 2.45) is 0 Å². The van der Waals surface area contributed by atoms with E-state index < -0.39 is 24.7 Å². The predicted molar refractivity (Wildman–Crippen MR) is 55.5 cm³/mol. The summed E-state index contributed by atoms with van der Waals surface area (Å²) in [7, 11) is 0. The average Bonchev–Trinajstić information content (AvgIpc) is 2.26. The molecule has 1 atom stereocenters. The third-order valence-corrected chi connectivity index (χ3v) is 2.56. The third kappa shape index (κ3) is 5.88. The first kappa shape index (κ1) is 14.2. The van der Waals surface area contributed by atoms with Gasteiger partial charge in [0, 0.05) is 19.3 Å². The molecule has 100 valence electrons. The van der Waals surface area contributed by atoms with E-state index in [1.54, 1.807) is 6.92 Å². The first-order chi connectivity index (χ1) is 7.88. The molecule has 0 aliphatic carbocycles. The number of hydrogen-bond donors (Lipinski definition) is 2. The number of amides is 1. The molecule has 1 heterocycles. The Balaban J connectivity index is 2.26. The Morgan fingerprint density at radius 3 is 2.53 bits per heavy atom. The van der Waals surface area contributed by atoms with E-state index in [1.807, 2.05) is 5.32 Å². The number of carbonyl (C=O) groups is 1. The van der Waals surface area contributed by atoms with Gasteiger partial charge in [0.15, 0.2) is 0 Å². The van der Waals surface area contributed by atoms with Crippen LogP contribution in [0.1, 0.15) is 19.8 Å². The van der Waals surface area contributed by atoms with Gasteiger partial charge in [-0.05, 0) is 19.8 Å². The SMILES string of the molecule is CC(NC1CCOCC1)C(=O)NCC(F)(F)F. The lowest BCUT2D eigenvalue weighted by atomic mass is 10.1. The van der Waals surface area contributed by atoms with Gasteiger partial charge < -0.3 is 15.4 Å². The fourth-order valence-electron chi connectivity index (χ4n) is 1.63. The van der Waals surface area contributed by atoms with Crippen LogP contribution in [-0.2, 0) is 9.53 Å². The van der Waals surface area contributed by atoms with E-state index in [0.29, 0.717) is 13.2 Å². The molecule has 0 spiro atoms. The van der Waals surface area contributed by atoms with Crippen molar-refractivity contribution in [1.29, 1.82) is 0 Å². The van der Waals surface area contributed by atoms with Gasteiger partial charge in [0.05, 0.1) is 6.04 Å². The summed E-state index contributed by atoms with van der Waals surface area (Å²) < 4.78 is 40.8. The molecular formula is C10H17F3N2O2. The number of rotatable bonds is 4. The number of ether oxygens (including phenoxy) is 1. The molecule has 0 aromatic carbocycles. The van der Waals surface area contributed by atoms with Gasteiger partial charge in [-0.1, -0.05) is 0 Å². The highest BCUT2D eigenvalue weighted by Crippen LogP contribution is 2.12. The molecular weight excluding hydrogens is 237 g/mol. The topological polar surface area (TPSA) is 50.4 Å². The highest BCUT2D eigenvalue weighted by molar-refractivity contribution is 5.81. The highest BCUT2D eigenvalue weighted by Gasteiger charge is 2.29. The molecule has 1 fully saturated rings. The van der Waals surface area contributed by atoms with Crippen LogP contribution in [0, 0.1) is 0 Å². The molecule has 0 bridgehead atoms. The van der Waals surface area contributed by atoms with E-state index in [1.165, 1.54) is 0 Å². The molecule has 2 N–H and O–H groups in total. The van der Waals surface area contributed by atoms with E-state index in [4.69, 9.17) is 4.74 Å². The number of halogens is 3. The van der Waals surface area contributed by atoms with Gasteiger partial charge in [0.1, 0.15) is 6.54 Å². The molecule has 0 aromatic heterocycles. The average molecular weight is 254 g/mol. The van der Waals surface area contributed by atoms with Crippen LogP contribution in [0.3, 0.4) is 0 Å². The second-order valence-corrected chi connectivity index (χ2v) is 4.11. The highest BCUT2D eigenvalue weighted by atomic mass is 19.4. The molecule has 17 heavy (non-hydrogen) atoms. The van der Waals surface area contributed by atoms with Crippen molar-refractivity contribution in [2.75, 3.05) is 19.8 Å². The minimum atomic E-state index is -4.37. The fraction of sp³-hybridized carbons (Fsp3) is 0.900. The van der Waals surface area contributed by atoms with Crippen LogP contribution in [-0.4, -0.2) is 43.9 Å². The summed E-state index contributed by atoms with van der Waals surface area (Å²) >= 11 is 0.